The van der Waals surface area contributed by atoms with Gasteiger partial charge >= 0.3 is 0 Å². The van der Waals surface area contributed by atoms with Crippen molar-refractivity contribution in [3.63, 3.8) is 0 Å². The van der Waals surface area contributed by atoms with E-state index >= 15 is 0 Å². The molecule has 2 aromatic rings. The third-order valence-electron chi connectivity index (χ3n) is 4.86. The van der Waals surface area contributed by atoms with Gasteiger partial charge in [-0.2, -0.15) is 4.31 Å². The fourth-order valence-electron chi connectivity index (χ4n) is 3.09. The maximum absolute atomic E-state index is 12.7. The standard InChI is InChI=1S/C21H26N2O3S2/c1-17-11-14-23(15-12-17)28(25,26)20-9-7-18(8-10-20)22-21(24)13-16-27-19-5-3-2-4-6-19/h2-10,17H,11-16H2,1H3,(H,22,24). The number of carbonyl (C=O) groups is 1. The molecule has 0 unspecified atom stereocenters. The molecular weight excluding hydrogens is 392 g/mol. The second-order valence-corrected chi connectivity index (χ2v) is 10.2. The van der Waals surface area contributed by atoms with Gasteiger partial charge in [0.25, 0.3) is 0 Å². The van der Waals surface area contributed by atoms with E-state index in [2.05, 4.69) is 12.2 Å². The maximum Gasteiger partial charge on any atom is 0.243 e. The van der Waals surface area contributed by atoms with Crippen LogP contribution in [0.15, 0.2) is 64.4 Å². The monoisotopic (exact) mass is 418 g/mol. The molecule has 7 heteroatoms. The summed E-state index contributed by atoms with van der Waals surface area (Å²) in [7, 11) is -3.46. The molecule has 0 spiro atoms. The number of amides is 1. The van der Waals surface area contributed by atoms with Crippen LogP contribution in [-0.2, 0) is 14.8 Å². The van der Waals surface area contributed by atoms with E-state index in [0.29, 0.717) is 36.9 Å². The van der Waals surface area contributed by atoms with E-state index in [1.165, 1.54) is 0 Å². The second-order valence-electron chi connectivity index (χ2n) is 7.07. The van der Waals surface area contributed by atoms with Gasteiger partial charge in [-0.3, -0.25) is 4.79 Å². The van der Waals surface area contributed by atoms with Gasteiger partial charge in [0.1, 0.15) is 0 Å². The van der Waals surface area contributed by atoms with Gasteiger partial charge < -0.3 is 5.32 Å². The van der Waals surface area contributed by atoms with Crippen molar-refractivity contribution in [2.75, 3.05) is 24.2 Å². The largest absolute Gasteiger partial charge is 0.326 e. The van der Waals surface area contributed by atoms with Gasteiger partial charge in [0.2, 0.25) is 15.9 Å². The van der Waals surface area contributed by atoms with Crippen LogP contribution in [0.1, 0.15) is 26.2 Å². The van der Waals surface area contributed by atoms with Crippen molar-refractivity contribution in [2.24, 2.45) is 5.92 Å². The summed E-state index contributed by atoms with van der Waals surface area (Å²) >= 11 is 1.64. The second kappa shape index (κ2) is 9.58. The molecule has 1 heterocycles. The summed E-state index contributed by atoms with van der Waals surface area (Å²) in [6.07, 6.45) is 2.19. The lowest BCUT2D eigenvalue weighted by atomic mass is 10.0. The number of anilines is 1. The van der Waals surface area contributed by atoms with Gasteiger partial charge in [0.05, 0.1) is 4.90 Å². The predicted octanol–water partition coefficient (Wildman–Crippen LogP) is 4.23. The summed E-state index contributed by atoms with van der Waals surface area (Å²) < 4.78 is 27.0. The Kier molecular flexibility index (Phi) is 7.15. The molecule has 0 aliphatic carbocycles. The normalized spacial score (nSPS) is 16.0. The summed E-state index contributed by atoms with van der Waals surface area (Å²) in [6.45, 7) is 3.29. The number of benzene rings is 2. The van der Waals surface area contributed by atoms with Crippen LogP contribution in [0.25, 0.3) is 0 Å². The van der Waals surface area contributed by atoms with E-state index < -0.39 is 10.0 Å². The molecule has 0 saturated carbocycles. The minimum atomic E-state index is -3.46. The first-order chi connectivity index (χ1) is 13.4. The molecule has 1 fully saturated rings. The molecule has 1 aliphatic heterocycles. The third kappa shape index (κ3) is 5.59. The minimum absolute atomic E-state index is 0.0796. The highest BCUT2D eigenvalue weighted by Crippen LogP contribution is 2.24. The lowest BCUT2D eigenvalue weighted by Gasteiger charge is -2.29. The van der Waals surface area contributed by atoms with Crippen LogP contribution in [0, 0.1) is 5.92 Å². The summed E-state index contributed by atoms with van der Waals surface area (Å²) in [5.74, 6) is 1.18. The molecule has 1 aliphatic rings. The van der Waals surface area contributed by atoms with Crippen molar-refractivity contribution in [2.45, 2.75) is 36.0 Å². The molecule has 3 rings (SSSR count). The zero-order valence-electron chi connectivity index (χ0n) is 16.0. The number of rotatable bonds is 7. The average Bonchev–Trinajstić information content (AvgIpc) is 2.69. The van der Waals surface area contributed by atoms with E-state index in [-0.39, 0.29) is 10.8 Å². The fourth-order valence-corrected chi connectivity index (χ4v) is 5.43. The SMILES string of the molecule is CC1CCN(S(=O)(=O)c2ccc(NC(=O)CCSc3ccccc3)cc2)CC1. The van der Waals surface area contributed by atoms with Gasteiger partial charge in [-0.05, 0) is 55.2 Å². The van der Waals surface area contributed by atoms with Gasteiger partial charge in [0.15, 0.2) is 0 Å². The highest BCUT2D eigenvalue weighted by Gasteiger charge is 2.27. The topological polar surface area (TPSA) is 66.5 Å². The van der Waals surface area contributed by atoms with E-state index in [0.717, 1.165) is 17.7 Å². The first-order valence-corrected chi connectivity index (χ1v) is 12.0. The molecule has 1 saturated heterocycles. The van der Waals surface area contributed by atoms with Crippen LogP contribution in [-0.4, -0.2) is 37.5 Å². The molecule has 1 N–H and O–H groups in total. The molecule has 0 aromatic heterocycles. The quantitative estimate of drug-likeness (QED) is 0.684. The number of nitrogens with zero attached hydrogens (tertiary/aromatic N) is 1. The number of thioether (sulfide) groups is 1. The van der Waals surface area contributed by atoms with Gasteiger partial charge in [-0.1, -0.05) is 25.1 Å². The number of sulfonamides is 1. The zero-order valence-corrected chi connectivity index (χ0v) is 17.6. The Morgan fingerprint density at radius 3 is 2.36 bits per heavy atom. The minimum Gasteiger partial charge on any atom is -0.326 e. The Morgan fingerprint density at radius 2 is 1.71 bits per heavy atom. The molecule has 0 atom stereocenters. The van der Waals surface area contributed by atoms with E-state index in [1.54, 1.807) is 40.3 Å². The van der Waals surface area contributed by atoms with Crippen LogP contribution in [0.5, 0.6) is 0 Å². The zero-order chi connectivity index (χ0) is 20.0. The van der Waals surface area contributed by atoms with Gasteiger partial charge in [-0.25, -0.2) is 8.42 Å². The molecular formula is C21H26N2O3S2. The van der Waals surface area contributed by atoms with Crippen molar-refractivity contribution in [3.05, 3.63) is 54.6 Å². The average molecular weight is 419 g/mol. The first-order valence-electron chi connectivity index (χ1n) is 9.53. The van der Waals surface area contributed by atoms with Crippen LogP contribution in [0.4, 0.5) is 5.69 Å². The Morgan fingerprint density at radius 1 is 1.07 bits per heavy atom. The number of hydrogen-bond donors (Lipinski definition) is 1. The Labute approximate surface area is 171 Å². The van der Waals surface area contributed by atoms with E-state index in [9.17, 15) is 13.2 Å². The first kappa shape index (κ1) is 20.9. The predicted molar refractivity (Wildman–Crippen MR) is 114 cm³/mol. The highest BCUT2D eigenvalue weighted by atomic mass is 32.2. The van der Waals surface area contributed by atoms with Crippen LogP contribution in [0.2, 0.25) is 0 Å². The summed E-state index contributed by atoms with van der Waals surface area (Å²) in [5, 5.41) is 2.83. The lowest BCUT2D eigenvalue weighted by molar-refractivity contribution is -0.115. The van der Waals surface area contributed by atoms with E-state index in [4.69, 9.17) is 0 Å². The van der Waals surface area contributed by atoms with Gasteiger partial charge in [-0.15, -0.1) is 11.8 Å². The number of hydrogen-bond acceptors (Lipinski definition) is 4. The Balaban J connectivity index is 1.51. The van der Waals surface area contributed by atoms with Crippen molar-refractivity contribution in [1.29, 1.82) is 0 Å². The van der Waals surface area contributed by atoms with Crippen LogP contribution < -0.4 is 5.32 Å². The maximum atomic E-state index is 12.7. The lowest BCUT2D eigenvalue weighted by Crippen LogP contribution is -2.37. The molecule has 28 heavy (non-hydrogen) atoms. The summed E-state index contributed by atoms with van der Waals surface area (Å²) in [6, 6.07) is 16.4. The number of piperidine rings is 1. The molecule has 150 valence electrons. The fraction of sp³-hybridized carbons (Fsp3) is 0.381. The van der Waals surface area contributed by atoms with Gasteiger partial charge in [0, 0.05) is 35.8 Å². The Bertz CT molecular complexity index is 876. The van der Waals surface area contributed by atoms with Crippen molar-refractivity contribution < 1.29 is 13.2 Å². The van der Waals surface area contributed by atoms with Crippen LogP contribution in [0.3, 0.4) is 0 Å². The highest BCUT2D eigenvalue weighted by molar-refractivity contribution is 7.99. The third-order valence-corrected chi connectivity index (χ3v) is 7.79. The van der Waals surface area contributed by atoms with Crippen molar-refractivity contribution >= 4 is 33.4 Å². The number of carbonyl (C=O) groups excluding carboxylic acids is 1. The molecule has 0 bridgehead atoms. The van der Waals surface area contributed by atoms with Crippen molar-refractivity contribution in [3.8, 4) is 0 Å². The summed E-state index contributed by atoms with van der Waals surface area (Å²) in [4.78, 5) is 13.5. The van der Waals surface area contributed by atoms with E-state index in [1.807, 2.05) is 30.3 Å². The van der Waals surface area contributed by atoms with Crippen LogP contribution >= 0.6 is 11.8 Å². The molecule has 1 amide bonds. The molecule has 0 radical (unpaired) electrons. The Hall–Kier alpha value is -1.83. The summed E-state index contributed by atoms with van der Waals surface area (Å²) in [5.41, 5.74) is 0.612. The smallest absolute Gasteiger partial charge is 0.243 e. The number of nitrogens with one attached hydrogen (secondary N) is 1. The van der Waals surface area contributed by atoms with Crippen molar-refractivity contribution in [1.82, 2.24) is 4.31 Å². The molecule has 5 nitrogen and oxygen atoms in total. The molecule has 2 aromatic carbocycles.